The van der Waals surface area contributed by atoms with Crippen molar-refractivity contribution >= 4 is 29.2 Å². The van der Waals surface area contributed by atoms with Gasteiger partial charge in [0.2, 0.25) is 0 Å². The first-order valence-corrected chi connectivity index (χ1v) is 5.12. The van der Waals surface area contributed by atoms with Gasteiger partial charge < -0.3 is 10.1 Å². The van der Waals surface area contributed by atoms with Gasteiger partial charge in [-0.3, -0.25) is 19.7 Å². The summed E-state index contributed by atoms with van der Waals surface area (Å²) in [5, 5.41) is 12.9. The van der Waals surface area contributed by atoms with Crippen LogP contribution in [0.25, 0.3) is 0 Å². The molecule has 1 aromatic rings. The fourth-order valence-corrected chi connectivity index (χ4v) is 1.32. The highest BCUT2D eigenvalue weighted by Crippen LogP contribution is 2.21. The second-order valence-electron chi connectivity index (χ2n) is 3.18. The molecule has 8 heteroatoms. The van der Waals surface area contributed by atoms with Crippen molar-refractivity contribution in [2.75, 3.05) is 13.7 Å². The van der Waals surface area contributed by atoms with Crippen LogP contribution in [0, 0.1) is 10.1 Å². The van der Waals surface area contributed by atoms with Gasteiger partial charge in [-0.15, -0.1) is 0 Å². The average Bonchev–Trinajstić information content (AvgIpc) is 2.35. The first-order chi connectivity index (χ1) is 8.45. The molecule has 7 nitrogen and oxygen atoms in total. The Balaban J connectivity index is 2.87. The van der Waals surface area contributed by atoms with Crippen molar-refractivity contribution in [1.82, 2.24) is 5.32 Å². The van der Waals surface area contributed by atoms with E-state index >= 15 is 0 Å². The molecule has 0 spiro atoms. The molecule has 0 radical (unpaired) electrons. The minimum absolute atomic E-state index is 0.0583. The van der Waals surface area contributed by atoms with Gasteiger partial charge in [-0.05, 0) is 6.07 Å². The van der Waals surface area contributed by atoms with Crippen molar-refractivity contribution < 1.29 is 19.2 Å². The van der Waals surface area contributed by atoms with Gasteiger partial charge in [0.1, 0.15) is 6.54 Å². The largest absolute Gasteiger partial charge is 0.468 e. The number of hydrogen-bond donors (Lipinski definition) is 1. The number of amides is 1. The van der Waals surface area contributed by atoms with Crippen LogP contribution in [-0.4, -0.2) is 30.5 Å². The lowest BCUT2D eigenvalue weighted by Gasteiger charge is -2.05. The zero-order valence-corrected chi connectivity index (χ0v) is 10.1. The second kappa shape index (κ2) is 5.97. The van der Waals surface area contributed by atoms with E-state index in [1.165, 1.54) is 19.2 Å². The van der Waals surface area contributed by atoms with Crippen LogP contribution in [0.2, 0.25) is 5.02 Å². The van der Waals surface area contributed by atoms with Gasteiger partial charge in [0.15, 0.2) is 0 Å². The van der Waals surface area contributed by atoms with Crippen LogP contribution < -0.4 is 5.32 Å². The number of halogens is 1. The Hall–Kier alpha value is -2.15. The molecule has 0 saturated carbocycles. The third kappa shape index (κ3) is 3.42. The summed E-state index contributed by atoms with van der Waals surface area (Å²) in [6.07, 6.45) is 0. The van der Waals surface area contributed by atoms with E-state index in [-0.39, 0.29) is 22.8 Å². The number of carbonyl (C=O) groups excluding carboxylic acids is 2. The highest BCUT2D eigenvalue weighted by Gasteiger charge is 2.16. The molecule has 0 unspecified atom stereocenters. The summed E-state index contributed by atoms with van der Waals surface area (Å²) in [5.41, 5.74) is -0.336. The standard InChI is InChI=1S/C10H9ClN2O5/c1-18-9(14)5-12-10(15)7-4-6(13(16)17)2-3-8(7)11/h2-4H,5H2,1H3,(H,12,15). The maximum atomic E-state index is 11.6. The van der Waals surface area contributed by atoms with Gasteiger partial charge in [-0.1, -0.05) is 11.6 Å². The van der Waals surface area contributed by atoms with Gasteiger partial charge in [0.25, 0.3) is 11.6 Å². The number of methoxy groups -OCH3 is 1. The van der Waals surface area contributed by atoms with E-state index in [0.29, 0.717) is 0 Å². The van der Waals surface area contributed by atoms with Crippen molar-refractivity contribution in [1.29, 1.82) is 0 Å². The predicted octanol–water partition coefficient (Wildman–Crippen LogP) is 1.15. The van der Waals surface area contributed by atoms with Crippen LogP contribution in [0.3, 0.4) is 0 Å². The first-order valence-electron chi connectivity index (χ1n) is 4.74. The predicted molar refractivity (Wildman–Crippen MR) is 62.5 cm³/mol. The van der Waals surface area contributed by atoms with E-state index < -0.39 is 16.8 Å². The first kappa shape index (κ1) is 13.9. The van der Waals surface area contributed by atoms with Gasteiger partial charge >= 0.3 is 5.97 Å². The number of ether oxygens (including phenoxy) is 1. The molecule has 0 heterocycles. The number of benzene rings is 1. The number of esters is 1. The smallest absolute Gasteiger partial charge is 0.325 e. The monoisotopic (exact) mass is 272 g/mol. The molecule has 0 bridgehead atoms. The molecule has 1 aromatic carbocycles. The maximum Gasteiger partial charge on any atom is 0.325 e. The Kier molecular flexibility index (Phi) is 4.61. The van der Waals surface area contributed by atoms with Crippen molar-refractivity contribution in [2.45, 2.75) is 0 Å². The number of nitrogens with zero attached hydrogens (tertiary/aromatic N) is 1. The molecule has 0 aromatic heterocycles. The Morgan fingerprint density at radius 3 is 2.72 bits per heavy atom. The Morgan fingerprint density at radius 2 is 2.17 bits per heavy atom. The molecule has 1 amide bonds. The zero-order chi connectivity index (χ0) is 13.7. The van der Waals surface area contributed by atoms with Crippen LogP contribution in [0.1, 0.15) is 10.4 Å². The van der Waals surface area contributed by atoms with Crippen LogP contribution in [0.4, 0.5) is 5.69 Å². The molecule has 18 heavy (non-hydrogen) atoms. The molecule has 0 aliphatic rings. The Bertz CT molecular complexity index is 503. The van der Waals surface area contributed by atoms with Crippen LogP contribution in [0.5, 0.6) is 0 Å². The topological polar surface area (TPSA) is 98.5 Å². The molecule has 0 fully saturated rings. The summed E-state index contributed by atoms with van der Waals surface area (Å²) >= 11 is 5.75. The Morgan fingerprint density at radius 1 is 1.50 bits per heavy atom. The summed E-state index contributed by atoms with van der Waals surface area (Å²) in [5.74, 6) is -1.32. The van der Waals surface area contributed by atoms with E-state index in [0.717, 1.165) is 6.07 Å². The summed E-state index contributed by atoms with van der Waals surface area (Å²) < 4.78 is 4.33. The summed E-state index contributed by atoms with van der Waals surface area (Å²) in [6.45, 7) is -0.339. The van der Waals surface area contributed by atoms with E-state index in [2.05, 4.69) is 10.1 Å². The second-order valence-corrected chi connectivity index (χ2v) is 3.59. The third-order valence-corrected chi connectivity index (χ3v) is 2.36. The highest BCUT2D eigenvalue weighted by molar-refractivity contribution is 6.34. The molecule has 1 N–H and O–H groups in total. The summed E-state index contributed by atoms with van der Waals surface area (Å²) in [7, 11) is 1.18. The molecule has 0 aliphatic heterocycles. The lowest BCUT2D eigenvalue weighted by Crippen LogP contribution is -2.30. The fraction of sp³-hybridized carbons (Fsp3) is 0.200. The molecule has 0 atom stereocenters. The normalized spacial score (nSPS) is 9.67. The molecule has 1 rings (SSSR count). The summed E-state index contributed by atoms with van der Waals surface area (Å²) in [6, 6.07) is 3.46. The number of carbonyl (C=O) groups is 2. The van der Waals surface area contributed by atoms with E-state index in [4.69, 9.17) is 11.6 Å². The SMILES string of the molecule is COC(=O)CNC(=O)c1cc([N+](=O)[O-])ccc1Cl. The van der Waals surface area contributed by atoms with E-state index in [1.54, 1.807) is 0 Å². The van der Waals surface area contributed by atoms with Crippen molar-refractivity contribution in [3.05, 3.63) is 38.9 Å². The van der Waals surface area contributed by atoms with Crippen LogP contribution in [0.15, 0.2) is 18.2 Å². The molecular weight excluding hydrogens is 264 g/mol. The molecule has 96 valence electrons. The lowest BCUT2D eigenvalue weighted by molar-refractivity contribution is -0.384. The van der Waals surface area contributed by atoms with E-state index in [9.17, 15) is 19.7 Å². The maximum absolute atomic E-state index is 11.6. The van der Waals surface area contributed by atoms with Crippen molar-refractivity contribution in [3.63, 3.8) is 0 Å². The van der Waals surface area contributed by atoms with E-state index in [1.807, 2.05) is 0 Å². The lowest BCUT2D eigenvalue weighted by atomic mass is 10.2. The number of nitro groups is 1. The number of non-ortho nitro benzene ring substituents is 1. The molecular formula is C10H9ClN2O5. The molecule has 0 aliphatic carbocycles. The van der Waals surface area contributed by atoms with Crippen LogP contribution >= 0.6 is 11.6 Å². The highest BCUT2D eigenvalue weighted by atomic mass is 35.5. The quantitative estimate of drug-likeness (QED) is 0.503. The zero-order valence-electron chi connectivity index (χ0n) is 9.31. The number of nitrogens with one attached hydrogen (secondary N) is 1. The van der Waals surface area contributed by atoms with Crippen molar-refractivity contribution in [2.24, 2.45) is 0 Å². The third-order valence-electron chi connectivity index (χ3n) is 2.03. The van der Waals surface area contributed by atoms with Gasteiger partial charge in [0, 0.05) is 12.1 Å². The minimum Gasteiger partial charge on any atom is -0.468 e. The van der Waals surface area contributed by atoms with Gasteiger partial charge in [-0.2, -0.15) is 0 Å². The minimum atomic E-state index is -0.686. The van der Waals surface area contributed by atoms with Crippen molar-refractivity contribution in [3.8, 4) is 0 Å². The number of nitro benzene ring substituents is 1. The van der Waals surface area contributed by atoms with Gasteiger partial charge in [0.05, 0.1) is 22.6 Å². The Labute approximate surface area is 107 Å². The van der Waals surface area contributed by atoms with Gasteiger partial charge in [-0.25, -0.2) is 0 Å². The average molecular weight is 273 g/mol. The fourth-order valence-electron chi connectivity index (χ4n) is 1.12. The van der Waals surface area contributed by atoms with Crippen LogP contribution in [-0.2, 0) is 9.53 Å². The number of rotatable bonds is 4. The summed E-state index contributed by atoms with van der Waals surface area (Å²) in [4.78, 5) is 32.4. The number of hydrogen-bond acceptors (Lipinski definition) is 5. The molecule has 0 saturated heterocycles.